The van der Waals surface area contributed by atoms with E-state index < -0.39 is 10.0 Å². The summed E-state index contributed by atoms with van der Waals surface area (Å²) in [7, 11) is -3.78. The molecule has 1 fully saturated rings. The Morgan fingerprint density at radius 3 is 1.94 bits per heavy atom. The van der Waals surface area contributed by atoms with Gasteiger partial charge in [0.25, 0.3) is 15.9 Å². The number of rotatable bonds is 6. The van der Waals surface area contributed by atoms with E-state index >= 15 is 0 Å². The summed E-state index contributed by atoms with van der Waals surface area (Å²) in [6.45, 7) is 0. The molecule has 3 aromatic rings. The van der Waals surface area contributed by atoms with Gasteiger partial charge in [-0.25, -0.2) is 12.8 Å². The van der Waals surface area contributed by atoms with E-state index in [-0.39, 0.29) is 22.7 Å². The van der Waals surface area contributed by atoms with Crippen LogP contribution in [0.5, 0.6) is 0 Å². The zero-order valence-corrected chi connectivity index (χ0v) is 17.7. The minimum absolute atomic E-state index is 0.112. The van der Waals surface area contributed by atoms with Crippen LogP contribution in [0.15, 0.2) is 77.7 Å². The van der Waals surface area contributed by atoms with Crippen molar-refractivity contribution in [3.63, 3.8) is 0 Å². The molecule has 7 heteroatoms. The number of benzene rings is 3. The molecule has 1 aliphatic rings. The highest BCUT2D eigenvalue weighted by Gasteiger charge is 2.18. The van der Waals surface area contributed by atoms with Gasteiger partial charge in [-0.15, -0.1) is 0 Å². The number of nitrogens with one attached hydrogen (secondary N) is 2. The highest BCUT2D eigenvalue weighted by molar-refractivity contribution is 7.92. The molecule has 2 N–H and O–H groups in total. The van der Waals surface area contributed by atoms with Crippen LogP contribution < -0.4 is 10.0 Å². The fourth-order valence-corrected chi connectivity index (χ4v) is 4.77. The maximum atomic E-state index is 13.1. The van der Waals surface area contributed by atoms with Gasteiger partial charge in [0.1, 0.15) is 5.82 Å². The van der Waals surface area contributed by atoms with E-state index in [0.29, 0.717) is 11.3 Å². The third-order valence-corrected chi connectivity index (χ3v) is 6.83. The monoisotopic (exact) mass is 438 g/mol. The highest BCUT2D eigenvalue weighted by Crippen LogP contribution is 2.23. The van der Waals surface area contributed by atoms with Crippen LogP contribution in [0.25, 0.3) is 11.1 Å². The Morgan fingerprint density at radius 1 is 0.806 bits per heavy atom. The van der Waals surface area contributed by atoms with Gasteiger partial charge in [0.05, 0.1) is 4.90 Å². The van der Waals surface area contributed by atoms with Gasteiger partial charge >= 0.3 is 0 Å². The number of amides is 1. The normalized spacial score (nSPS) is 14.4. The van der Waals surface area contributed by atoms with Crippen LogP contribution in [0.1, 0.15) is 36.0 Å². The summed E-state index contributed by atoms with van der Waals surface area (Å²) in [5.74, 6) is -0.466. The molecule has 160 valence electrons. The molecule has 4 rings (SSSR count). The fourth-order valence-electron chi connectivity index (χ4n) is 3.71. The molecule has 1 aliphatic carbocycles. The Bertz CT molecular complexity index is 1150. The molecule has 0 atom stereocenters. The number of sulfonamides is 1. The summed E-state index contributed by atoms with van der Waals surface area (Å²) in [5, 5.41) is 3.01. The number of carbonyl (C=O) groups is 1. The number of carbonyl (C=O) groups excluding carboxylic acids is 1. The number of hydrogen-bond acceptors (Lipinski definition) is 3. The van der Waals surface area contributed by atoms with Crippen molar-refractivity contribution in [2.75, 3.05) is 4.72 Å². The minimum atomic E-state index is -3.78. The zero-order chi connectivity index (χ0) is 21.8. The molecule has 1 saturated carbocycles. The van der Waals surface area contributed by atoms with E-state index in [1.165, 1.54) is 24.3 Å². The van der Waals surface area contributed by atoms with Crippen LogP contribution in [-0.2, 0) is 10.0 Å². The summed E-state index contributed by atoms with van der Waals surface area (Å²) in [5.41, 5.74) is 2.46. The predicted octanol–water partition coefficient (Wildman–Crippen LogP) is 4.97. The molecule has 0 unspecified atom stereocenters. The lowest BCUT2D eigenvalue weighted by Crippen LogP contribution is -2.32. The summed E-state index contributed by atoms with van der Waals surface area (Å²) in [6, 6.07) is 19.0. The predicted molar refractivity (Wildman–Crippen MR) is 119 cm³/mol. The van der Waals surface area contributed by atoms with Crippen molar-refractivity contribution in [1.82, 2.24) is 5.32 Å². The highest BCUT2D eigenvalue weighted by atomic mass is 32.2. The van der Waals surface area contributed by atoms with Gasteiger partial charge in [0, 0.05) is 17.3 Å². The maximum Gasteiger partial charge on any atom is 0.261 e. The zero-order valence-electron chi connectivity index (χ0n) is 16.8. The van der Waals surface area contributed by atoms with Crippen molar-refractivity contribution in [2.45, 2.75) is 36.6 Å². The molecule has 0 aromatic heterocycles. The molecule has 0 heterocycles. The smallest absolute Gasteiger partial charge is 0.261 e. The summed E-state index contributed by atoms with van der Waals surface area (Å²) >= 11 is 0. The van der Waals surface area contributed by atoms with Gasteiger partial charge in [-0.05, 0) is 72.5 Å². The molecule has 0 bridgehead atoms. The molecule has 3 aromatic carbocycles. The lowest BCUT2D eigenvalue weighted by atomic mass is 10.1. The van der Waals surface area contributed by atoms with Crippen LogP contribution >= 0.6 is 0 Å². The van der Waals surface area contributed by atoms with E-state index in [1.54, 1.807) is 48.5 Å². The van der Waals surface area contributed by atoms with Gasteiger partial charge in [0.2, 0.25) is 0 Å². The topological polar surface area (TPSA) is 75.3 Å². The van der Waals surface area contributed by atoms with Gasteiger partial charge < -0.3 is 5.32 Å². The van der Waals surface area contributed by atoms with E-state index in [4.69, 9.17) is 0 Å². The molecule has 1 amide bonds. The first-order valence-electron chi connectivity index (χ1n) is 10.2. The summed E-state index contributed by atoms with van der Waals surface area (Å²) in [6.07, 6.45) is 4.28. The van der Waals surface area contributed by atoms with Crippen LogP contribution in [0, 0.1) is 5.82 Å². The first-order chi connectivity index (χ1) is 14.9. The van der Waals surface area contributed by atoms with E-state index in [2.05, 4.69) is 10.0 Å². The molecule has 0 saturated heterocycles. The SMILES string of the molecule is O=C(NC1CCCC1)c1ccc(NS(=O)(=O)c2ccc(-c3ccc(F)cc3)cc2)cc1. The van der Waals surface area contributed by atoms with Gasteiger partial charge in [-0.1, -0.05) is 37.1 Å². The summed E-state index contributed by atoms with van der Waals surface area (Å²) in [4.78, 5) is 12.4. The number of halogens is 1. The second kappa shape index (κ2) is 8.89. The van der Waals surface area contributed by atoms with Crippen LogP contribution in [0.2, 0.25) is 0 Å². The van der Waals surface area contributed by atoms with Crippen LogP contribution in [-0.4, -0.2) is 20.4 Å². The third kappa shape index (κ3) is 5.11. The van der Waals surface area contributed by atoms with Crippen molar-refractivity contribution in [3.8, 4) is 11.1 Å². The molecular weight excluding hydrogens is 415 g/mol. The molecule has 31 heavy (non-hydrogen) atoms. The van der Waals surface area contributed by atoms with Crippen molar-refractivity contribution in [2.24, 2.45) is 0 Å². The minimum Gasteiger partial charge on any atom is -0.349 e. The van der Waals surface area contributed by atoms with Crippen molar-refractivity contribution >= 4 is 21.6 Å². The Hall–Kier alpha value is -3.19. The van der Waals surface area contributed by atoms with E-state index in [1.807, 2.05) is 0 Å². The Balaban J connectivity index is 1.43. The average molecular weight is 439 g/mol. The number of hydrogen-bond donors (Lipinski definition) is 2. The first kappa shape index (κ1) is 21.1. The lowest BCUT2D eigenvalue weighted by molar-refractivity contribution is 0.0938. The standard InChI is InChI=1S/C24H23FN2O3S/c25-20-11-5-17(6-12-20)18-9-15-23(16-10-18)31(29,30)27-22-13-7-19(8-14-22)24(28)26-21-3-1-2-4-21/h5-16,21,27H,1-4H2,(H,26,28). The fraction of sp³-hybridized carbons (Fsp3) is 0.208. The Labute approximate surface area is 181 Å². The van der Waals surface area contributed by atoms with Gasteiger partial charge in [-0.3, -0.25) is 9.52 Å². The molecule has 0 aliphatic heterocycles. The molecule has 0 radical (unpaired) electrons. The second-order valence-corrected chi connectivity index (χ2v) is 9.35. The van der Waals surface area contributed by atoms with Crippen molar-refractivity contribution in [3.05, 3.63) is 84.2 Å². The summed E-state index contributed by atoms with van der Waals surface area (Å²) < 4.78 is 41.0. The quantitative estimate of drug-likeness (QED) is 0.571. The lowest BCUT2D eigenvalue weighted by Gasteiger charge is -2.13. The molecule has 5 nitrogen and oxygen atoms in total. The average Bonchev–Trinajstić information content (AvgIpc) is 3.28. The molecule has 0 spiro atoms. The maximum absolute atomic E-state index is 13.1. The van der Waals surface area contributed by atoms with E-state index in [0.717, 1.165) is 36.8 Å². The van der Waals surface area contributed by atoms with E-state index in [9.17, 15) is 17.6 Å². The third-order valence-electron chi connectivity index (χ3n) is 5.43. The van der Waals surface area contributed by atoms with Gasteiger partial charge in [0.15, 0.2) is 0 Å². The van der Waals surface area contributed by atoms with Crippen LogP contribution in [0.3, 0.4) is 0 Å². The van der Waals surface area contributed by atoms with Gasteiger partial charge in [-0.2, -0.15) is 0 Å². The largest absolute Gasteiger partial charge is 0.349 e. The Morgan fingerprint density at radius 2 is 1.35 bits per heavy atom. The molecular formula is C24H23FN2O3S. The van der Waals surface area contributed by atoms with Crippen molar-refractivity contribution < 1.29 is 17.6 Å². The first-order valence-corrected chi connectivity index (χ1v) is 11.7. The second-order valence-electron chi connectivity index (χ2n) is 7.67. The Kier molecular flexibility index (Phi) is 6.04. The number of anilines is 1. The van der Waals surface area contributed by atoms with Crippen molar-refractivity contribution in [1.29, 1.82) is 0 Å². The van der Waals surface area contributed by atoms with Crippen LogP contribution in [0.4, 0.5) is 10.1 Å².